The van der Waals surface area contributed by atoms with E-state index in [0.717, 1.165) is 10.6 Å². The molecule has 32 heavy (non-hydrogen) atoms. The van der Waals surface area contributed by atoms with Gasteiger partial charge >= 0.3 is 0 Å². The van der Waals surface area contributed by atoms with Crippen LogP contribution in [0.25, 0.3) is 16.8 Å². The molecule has 0 aliphatic heterocycles. The number of fused-ring (bicyclic) bond motifs is 1. The second kappa shape index (κ2) is 8.57. The van der Waals surface area contributed by atoms with Crippen LogP contribution in [0.5, 0.6) is 0 Å². The molecule has 3 heterocycles. The van der Waals surface area contributed by atoms with Gasteiger partial charge in [-0.05, 0) is 59.3 Å². The van der Waals surface area contributed by atoms with E-state index in [1.165, 1.54) is 36.7 Å². The number of nitrogens with one attached hydrogen (secondary N) is 2. The third kappa shape index (κ3) is 4.02. The summed E-state index contributed by atoms with van der Waals surface area (Å²) < 4.78 is 29.0. The fourth-order valence-corrected chi connectivity index (χ4v) is 3.89. The smallest absolute Gasteiger partial charge is 0.266 e. The Balaban J connectivity index is 1.93. The van der Waals surface area contributed by atoms with Gasteiger partial charge in [0, 0.05) is 6.20 Å². The van der Waals surface area contributed by atoms with Gasteiger partial charge in [0.05, 0.1) is 22.9 Å². The summed E-state index contributed by atoms with van der Waals surface area (Å²) in [5.74, 6) is -0.716. The molecule has 0 saturated heterocycles. The number of nitrogen functional groups attached to an aromatic ring is 1. The van der Waals surface area contributed by atoms with E-state index in [-0.39, 0.29) is 26.6 Å². The summed E-state index contributed by atoms with van der Waals surface area (Å²) in [6.07, 6.45) is 2.29. The largest absolute Gasteiger partial charge is 0.383 e. The van der Waals surface area contributed by atoms with Crippen LogP contribution in [0.4, 0.5) is 20.4 Å². The summed E-state index contributed by atoms with van der Waals surface area (Å²) >= 11 is 1.80. The number of benzene rings is 1. The van der Waals surface area contributed by atoms with Crippen LogP contribution in [0.15, 0.2) is 53.7 Å². The summed E-state index contributed by atoms with van der Waals surface area (Å²) in [5, 5.41) is 11.1. The maximum atomic E-state index is 14.0. The predicted molar refractivity (Wildman–Crippen MR) is 126 cm³/mol. The average Bonchev–Trinajstić information content (AvgIpc) is 2.73. The third-order valence-electron chi connectivity index (χ3n) is 4.79. The van der Waals surface area contributed by atoms with Gasteiger partial charge in [-0.1, -0.05) is 12.1 Å². The van der Waals surface area contributed by atoms with Crippen LogP contribution in [0.1, 0.15) is 24.2 Å². The Morgan fingerprint density at radius 1 is 1.22 bits per heavy atom. The number of nitrogens with zero attached hydrogens (tertiary/aromatic N) is 4. The lowest BCUT2D eigenvalue weighted by Gasteiger charge is -2.20. The van der Waals surface area contributed by atoms with Crippen molar-refractivity contribution in [3.63, 3.8) is 0 Å². The standard InChI is InChI=1S/C21H16F2IN7O/c1-10(29-20-16(18(24)25)19(26)27-9-28-20)17-15(11-3-2-4-12(22)7-11)21(32)31-8-13(23)5-6-14(31)30-17/h2-10,25H,1H3,(H3,26,27,28,29). The van der Waals surface area contributed by atoms with Gasteiger partial charge in [0.15, 0.2) is 0 Å². The lowest BCUT2D eigenvalue weighted by molar-refractivity contribution is 0.617. The van der Waals surface area contributed by atoms with Gasteiger partial charge in [-0.15, -0.1) is 0 Å². The molecule has 1 unspecified atom stereocenters. The van der Waals surface area contributed by atoms with E-state index in [0.29, 0.717) is 16.8 Å². The number of anilines is 2. The molecule has 11 heteroatoms. The van der Waals surface area contributed by atoms with Gasteiger partial charge < -0.3 is 11.1 Å². The molecule has 4 N–H and O–H groups in total. The van der Waals surface area contributed by atoms with E-state index in [1.54, 1.807) is 35.6 Å². The Labute approximate surface area is 194 Å². The molecule has 0 aliphatic rings. The number of hydrogen-bond donors (Lipinski definition) is 3. The molecule has 0 saturated carbocycles. The highest BCUT2D eigenvalue weighted by Crippen LogP contribution is 2.29. The van der Waals surface area contributed by atoms with E-state index in [2.05, 4.69) is 20.3 Å². The zero-order chi connectivity index (χ0) is 23.0. The van der Waals surface area contributed by atoms with Crippen LogP contribution in [0, 0.1) is 17.0 Å². The Morgan fingerprint density at radius 3 is 2.72 bits per heavy atom. The molecule has 0 amide bonds. The Hall–Kier alpha value is -3.48. The SMILES string of the molecule is CC(Nc1ncnc(N)c1C(=N)I)c1nc2ccc(F)cn2c(=O)c1-c1cccc(F)c1. The van der Waals surface area contributed by atoms with Crippen molar-refractivity contribution in [3.8, 4) is 11.1 Å². The second-order valence-corrected chi connectivity index (χ2v) is 8.00. The van der Waals surface area contributed by atoms with Gasteiger partial charge in [0.25, 0.3) is 5.56 Å². The highest BCUT2D eigenvalue weighted by Gasteiger charge is 2.22. The highest BCUT2D eigenvalue weighted by atomic mass is 127. The van der Waals surface area contributed by atoms with Crippen molar-refractivity contribution >= 4 is 43.6 Å². The average molecular weight is 547 g/mol. The second-order valence-electron chi connectivity index (χ2n) is 6.93. The summed E-state index contributed by atoms with van der Waals surface area (Å²) in [7, 11) is 0. The molecule has 1 aromatic carbocycles. The molecule has 4 rings (SSSR count). The minimum Gasteiger partial charge on any atom is -0.383 e. The molecule has 0 spiro atoms. The van der Waals surface area contributed by atoms with E-state index >= 15 is 0 Å². The van der Waals surface area contributed by atoms with Gasteiger partial charge in [0.2, 0.25) is 0 Å². The van der Waals surface area contributed by atoms with Crippen LogP contribution in [0.3, 0.4) is 0 Å². The van der Waals surface area contributed by atoms with Crippen LogP contribution in [0.2, 0.25) is 0 Å². The van der Waals surface area contributed by atoms with Crippen LogP contribution in [-0.2, 0) is 0 Å². The monoisotopic (exact) mass is 547 g/mol. The first-order valence-corrected chi connectivity index (χ1v) is 10.4. The minimum atomic E-state index is -0.611. The van der Waals surface area contributed by atoms with Gasteiger partial charge in [0.1, 0.15) is 39.0 Å². The number of hydrogen-bond acceptors (Lipinski definition) is 7. The van der Waals surface area contributed by atoms with E-state index in [1.807, 2.05) is 0 Å². The number of nitrogens with two attached hydrogens (primary N) is 1. The molecule has 0 aliphatic carbocycles. The molecular weight excluding hydrogens is 531 g/mol. The minimum absolute atomic E-state index is 0.112. The molecule has 0 fully saturated rings. The number of pyridine rings is 1. The Kier molecular flexibility index (Phi) is 5.82. The molecule has 0 bridgehead atoms. The molecule has 4 aromatic rings. The first-order chi connectivity index (χ1) is 15.3. The lowest BCUT2D eigenvalue weighted by atomic mass is 10.0. The van der Waals surface area contributed by atoms with Crippen LogP contribution < -0.4 is 16.6 Å². The van der Waals surface area contributed by atoms with Crippen molar-refractivity contribution in [2.75, 3.05) is 11.1 Å². The number of aromatic nitrogens is 4. The molecule has 1 atom stereocenters. The normalized spacial score (nSPS) is 12.0. The molecule has 8 nitrogen and oxygen atoms in total. The fraction of sp³-hybridized carbons (Fsp3) is 0.0952. The van der Waals surface area contributed by atoms with Gasteiger partial charge in [-0.3, -0.25) is 14.6 Å². The van der Waals surface area contributed by atoms with Crippen molar-refractivity contribution < 1.29 is 8.78 Å². The van der Waals surface area contributed by atoms with Crippen LogP contribution >= 0.6 is 22.6 Å². The van der Waals surface area contributed by atoms with Crippen molar-refractivity contribution in [3.05, 3.63) is 82.2 Å². The molecule has 162 valence electrons. The summed E-state index contributed by atoms with van der Waals surface area (Å²) in [4.78, 5) is 26.0. The first kappa shape index (κ1) is 21.7. The third-order valence-corrected chi connectivity index (χ3v) is 5.33. The quantitative estimate of drug-likeness (QED) is 0.257. The van der Waals surface area contributed by atoms with Crippen molar-refractivity contribution in [2.24, 2.45) is 0 Å². The van der Waals surface area contributed by atoms with E-state index in [9.17, 15) is 13.6 Å². The maximum absolute atomic E-state index is 14.0. The van der Waals surface area contributed by atoms with Gasteiger partial charge in [-0.2, -0.15) is 0 Å². The maximum Gasteiger partial charge on any atom is 0.266 e. The topological polar surface area (TPSA) is 122 Å². The predicted octanol–water partition coefficient (Wildman–Crippen LogP) is 3.95. The van der Waals surface area contributed by atoms with Crippen molar-refractivity contribution in [1.82, 2.24) is 19.4 Å². The Morgan fingerprint density at radius 2 is 2.00 bits per heavy atom. The van der Waals surface area contributed by atoms with Crippen LogP contribution in [-0.4, -0.2) is 23.1 Å². The zero-order valence-electron chi connectivity index (χ0n) is 16.6. The van der Waals surface area contributed by atoms with Crippen molar-refractivity contribution in [2.45, 2.75) is 13.0 Å². The number of halogens is 3. The van der Waals surface area contributed by atoms with E-state index < -0.39 is 23.2 Å². The summed E-state index contributed by atoms with van der Waals surface area (Å²) in [5.41, 5.74) is 6.61. The zero-order valence-corrected chi connectivity index (χ0v) is 18.8. The number of rotatable bonds is 5. The van der Waals surface area contributed by atoms with Crippen molar-refractivity contribution in [1.29, 1.82) is 5.41 Å². The fourth-order valence-electron chi connectivity index (χ4n) is 3.36. The summed E-state index contributed by atoms with van der Waals surface area (Å²) in [6.45, 7) is 1.74. The van der Waals surface area contributed by atoms with Gasteiger partial charge in [-0.25, -0.2) is 23.7 Å². The molecular formula is C21H16F2IN7O. The molecule has 3 aromatic heterocycles. The first-order valence-electron chi connectivity index (χ1n) is 9.35. The van der Waals surface area contributed by atoms with E-state index in [4.69, 9.17) is 11.1 Å². The molecule has 0 radical (unpaired) electrons. The lowest BCUT2D eigenvalue weighted by Crippen LogP contribution is -2.24. The summed E-state index contributed by atoms with van der Waals surface area (Å²) in [6, 6.07) is 7.52. The highest BCUT2D eigenvalue weighted by molar-refractivity contribution is 14.1. The Bertz CT molecular complexity index is 1420.